The van der Waals surface area contributed by atoms with Gasteiger partial charge < -0.3 is 10.6 Å². The van der Waals surface area contributed by atoms with Gasteiger partial charge in [0.05, 0.1) is 0 Å². The first-order valence-corrected chi connectivity index (χ1v) is 9.65. The van der Waals surface area contributed by atoms with E-state index in [1.165, 1.54) is 57.8 Å². The number of nitrogens with zero attached hydrogens (tertiary/aromatic N) is 1. The molecule has 3 fully saturated rings. The van der Waals surface area contributed by atoms with Crippen LogP contribution < -0.4 is 5.73 Å². The van der Waals surface area contributed by atoms with Gasteiger partial charge in [-0.05, 0) is 49.9 Å². The van der Waals surface area contributed by atoms with E-state index >= 15 is 0 Å². The summed E-state index contributed by atoms with van der Waals surface area (Å²) in [5.41, 5.74) is 6.35. The Morgan fingerprint density at radius 2 is 1.61 bits per heavy atom. The molecule has 3 aliphatic rings. The monoisotopic (exact) mass is 342 g/mol. The van der Waals surface area contributed by atoms with Gasteiger partial charge in [-0.2, -0.15) is 0 Å². The molecule has 3 rings (SSSR count). The molecule has 3 nitrogen and oxygen atoms in total. The number of carbonyl (C=O) groups is 1. The van der Waals surface area contributed by atoms with Crippen molar-refractivity contribution in [3.63, 3.8) is 0 Å². The smallest absolute Gasteiger partial charge is 0.225 e. The molecule has 2 bridgehead atoms. The van der Waals surface area contributed by atoms with Gasteiger partial charge >= 0.3 is 0 Å². The predicted molar refractivity (Wildman–Crippen MR) is 97.6 cm³/mol. The van der Waals surface area contributed by atoms with Crippen LogP contribution in [0, 0.1) is 23.7 Å². The van der Waals surface area contributed by atoms with Crippen molar-refractivity contribution in [1.29, 1.82) is 0 Å². The maximum absolute atomic E-state index is 12.8. The minimum absolute atomic E-state index is 0. The minimum Gasteiger partial charge on any atom is -0.346 e. The van der Waals surface area contributed by atoms with E-state index in [4.69, 9.17) is 5.73 Å². The van der Waals surface area contributed by atoms with Crippen LogP contribution in [0.3, 0.4) is 0 Å². The maximum Gasteiger partial charge on any atom is 0.225 e. The SMILES string of the molecule is CN(CCC1CCCCC1)C(=O)C1CC2CCCC(C1)C2N.Cl. The van der Waals surface area contributed by atoms with Gasteiger partial charge in [-0.1, -0.05) is 38.5 Å². The van der Waals surface area contributed by atoms with E-state index in [0.29, 0.717) is 23.8 Å². The third-order valence-corrected chi connectivity index (χ3v) is 6.74. The number of rotatable bonds is 4. The van der Waals surface area contributed by atoms with E-state index in [-0.39, 0.29) is 18.3 Å². The van der Waals surface area contributed by atoms with Crippen LogP contribution in [0.15, 0.2) is 0 Å². The summed E-state index contributed by atoms with van der Waals surface area (Å²) in [4.78, 5) is 14.8. The van der Waals surface area contributed by atoms with Gasteiger partial charge in [-0.3, -0.25) is 4.79 Å². The van der Waals surface area contributed by atoms with Crippen molar-refractivity contribution in [1.82, 2.24) is 4.90 Å². The average molecular weight is 343 g/mol. The lowest BCUT2D eigenvalue weighted by Gasteiger charge is -2.44. The van der Waals surface area contributed by atoms with Crippen molar-refractivity contribution in [3.8, 4) is 0 Å². The summed E-state index contributed by atoms with van der Waals surface area (Å²) in [5, 5.41) is 0. The Kier molecular flexibility index (Phi) is 7.21. The molecule has 3 aliphatic carbocycles. The van der Waals surface area contributed by atoms with E-state index in [2.05, 4.69) is 0 Å². The van der Waals surface area contributed by atoms with Crippen molar-refractivity contribution in [2.75, 3.05) is 13.6 Å². The van der Waals surface area contributed by atoms with Crippen molar-refractivity contribution in [3.05, 3.63) is 0 Å². The van der Waals surface area contributed by atoms with Crippen molar-refractivity contribution < 1.29 is 4.79 Å². The topological polar surface area (TPSA) is 46.3 Å². The Labute approximate surface area is 148 Å². The molecular formula is C19H35ClN2O. The molecule has 1 amide bonds. The van der Waals surface area contributed by atoms with E-state index in [1.807, 2.05) is 11.9 Å². The number of hydrogen-bond acceptors (Lipinski definition) is 2. The molecule has 23 heavy (non-hydrogen) atoms. The molecule has 2 unspecified atom stereocenters. The molecule has 0 aromatic carbocycles. The lowest BCUT2D eigenvalue weighted by atomic mass is 9.65. The Morgan fingerprint density at radius 1 is 1.00 bits per heavy atom. The van der Waals surface area contributed by atoms with E-state index < -0.39 is 0 Å². The lowest BCUT2D eigenvalue weighted by Crippen LogP contribution is -2.49. The van der Waals surface area contributed by atoms with Gasteiger partial charge in [-0.25, -0.2) is 0 Å². The first kappa shape index (κ1) is 19.1. The number of fused-ring (bicyclic) bond motifs is 2. The fourth-order valence-electron chi connectivity index (χ4n) is 5.26. The van der Waals surface area contributed by atoms with Gasteiger partial charge in [0.15, 0.2) is 0 Å². The summed E-state index contributed by atoms with van der Waals surface area (Å²) in [7, 11) is 2.02. The summed E-state index contributed by atoms with van der Waals surface area (Å²) >= 11 is 0. The van der Waals surface area contributed by atoms with Crippen LogP contribution in [-0.2, 0) is 4.79 Å². The molecule has 0 heterocycles. The summed E-state index contributed by atoms with van der Waals surface area (Å²) in [6.07, 6.45) is 14.1. The van der Waals surface area contributed by atoms with Gasteiger partial charge in [0.25, 0.3) is 0 Å². The maximum atomic E-state index is 12.8. The highest BCUT2D eigenvalue weighted by atomic mass is 35.5. The van der Waals surface area contributed by atoms with Gasteiger partial charge in [0, 0.05) is 25.6 Å². The van der Waals surface area contributed by atoms with E-state index in [1.54, 1.807) is 0 Å². The Balaban J connectivity index is 0.00000192. The van der Waals surface area contributed by atoms with Crippen LogP contribution in [0.2, 0.25) is 0 Å². The number of carbonyl (C=O) groups excluding carboxylic acids is 1. The fourth-order valence-corrected chi connectivity index (χ4v) is 5.26. The lowest BCUT2D eigenvalue weighted by molar-refractivity contribution is -0.137. The molecule has 0 spiro atoms. The normalized spacial score (nSPS) is 34.5. The van der Waals surface area contributed by atoms with Crippen LogP contribution >= 0.6 is 12.4 Å². The second kappa shape index (κ2) is 8.71. The molecule has 2 atom stereocenters. The standard InChI is InChI=1S/C19H34N2O.ClH/c1-21(11-10-14-6-3-2-4-7-14)19(22)17-12-15-8-5-9-16(13-17)18(15)20;/h14-18H,2-13,20H2,1H3;1H. The molecule has 0 aromatic rings. The van der Waals surface area contributed by atoms with Crippen molar-refractivity contribution >= 4 is 18.3 Å². The van der Waals surface area contributed by atoms with Crippen LogP contribution in [0.5, 0.6) is 0 Å². The van der Waals surface area contributed by atoms with E-state index in [0.717, 1.165) is 25.3 Å². The molecule has 4 heteroatoms. The van der Waals surface area contributed by atoms with Crippen LogP contribution in [0.25, 0.3) is 0 Å². The zero-order chi connectivity index (χ0) is 15.5. The molecule has 0 aromatic heterocycles. The number of halogens is 1. The molecule has 134 valence electrons. The van der Waals surface area contributed by atoms with Crippen LogP contribution in [-0.4, -0.2) is 30.4 Å². The third kappa shape index (κ3) is 4.63. The number of amides is 1. The highest BCUT2D eigenvalue weighted by Crippen LogP contribution is 2.42. The summed E-state index contributed by atoms with van der Waals surface area (Å²) < 4.78 is 0. The Morgan fingerprint density at radius 3 is 2.22 bits per heavy atom. The van der Waals surface area contributed by atoms with Crippen LogP contribution in [0.1, 0.15) is 70.6 Å². The van der Waals surface area contributed by atoms with Crippen LogP contribution in [0.4, 0.5) is 0 Å². The second-order valence-corrected chi connectivity index (χ2v) is 8.25. The van der Waals surface area contributed by atoms with Gasteiger partial charge in [0.1, 0.15) is 0 Å². The highest BCUT2D eigenvalue weighted by molar-refractivity contribution is 5.85. The molecule has 2 N–H and O–H groups in total. The predicted octanol–water partition coefficient (Wildman–Crippen LogP) is 3.99. The second-order valence-electron chi connectivity index (χ2n) is 8.25. The zero-order valence-corrected chi connectivity index (χ0v) is 15.5. The summed E-state index contributed by atoms with van der Waals surface area (Å²) in [5.74, 6) is 2.73. The fraction of sp³-hybridized carbons (Fsp3) is 0.947. The molecule has 0 radical (unpaired) electrons. The van der Waals surface area contributed by atoms with E-state index in [9.17, 15) is 4.79 Å². The number of nitrogens with two attached hydrogens (primary N) is 1. The Bertz CT molecular complexity index is 370. The largest absolute Gasteiger partial charge is 0.346 e. The number of hydrogen-bond donors (Lipinski definition) is 1. The third-order valence-electron chi connectivity index (χ3n) is 6.74. The summed E-state index contributed by atoms with van der Waals surface area (Å²) in [6, 6.07) is 0.366. The molecule has 3 saturated carbocycles. The zero-order valence-electron chi connectivity index (χ0n) is 14.7. The first-order chi connectivity index (χ1) is 10.6. The summed E-state index contributed by atoms with van der Waals surface area (Å²) in [6.45, 7) is 0.960. The first-order valence-electron chi connectivity index (χ1n) is 9.65. The van der Waals surface area contributed by atoms with Crippen molar-refractivity contribution in [2.45, 2.75) is 76.7 Å². The van der Waals surface area contributed by atoms with Crippen molar-refractivity contribution in [2.24, 2.45) is 29.4 Å². The molecular weight excluding hydrogens is 308 g/mol. The molecule has 0 saturated heterocycles. The highest BCUT2D eigenvalue weighted by Gasteiger charge is 2.41. The molecule has 0 aliphatic heterocycles. The van der Waals surface area contributed by atoms with Gasteiger partial charge in [0.2, 0.25) is 5.91 Å². The van der Waals surface area contributed by atoms with Gasteiger partial charge in [-0.15, -0.1) is 12.4 Å². The average Bonchev–Trinajstić information content (AvgIpc) is 2.52. The Hall–Kier alpha value is -0.280. The minimum atomic E-state index is 0. The quantitative estimate of drug-likeness (QED) is 0.839.